The number of aromatic nitrogens is 3. The van der Waals surface area contributed by atoms with E-state index in [1.165, 1.54) is 0 Å². The van der Waals surface area contributed by atoms with Gasteiger partial charge in [-0.15, -0.1) is 21.5 Å². The van der Waals surface area contributed by atoms with Crippen molar-refractivity contribution in [3.63, 3.8) is 0 Å². The molecule has 0 atom stereocenters. The van der Waals surface area contributed by atoms with Crippen molar-refractivity contribution in [3.8, 4) is 0 Å². The molecule has 0 radical (unpaired) electrons. The summed E-state index contributed by atoms with van der Waals surface area (Å²) in [5, 5.41) is 12.9. The van der Waals surface area contributed by atoms with E-state index in [1.807, 2.05) is 66.6 Å². The zero-order valence-electron chi connectivity index (χ0n) is 17.2. The lowest BCUT2D eigenvalue weighted by atomic mass is 10.2. The second-order valence-corrected chi connectivity index (χ2v) is 8.63. The second-order valence-electron chi connectivity index (χ2n) is 7.55. The molecule has 31 heavy (non-hydrogen) atoms. The molecule has 0 bridgehead atoms. The van der Waals surface area contributed by atoms with E-state index in [2.05, 4.69) is 31.5 Å². The largest absolute Gasteiger partial charge is 0.352 e. The highest BCUT2D eigenvalue weighted by atomic mass is 32.1. The fraction of sp³-hybridized carbons (Fsp3) is 0.217. The third kappa shape index (κ3) is 4.20. The number of amides is 1. The van der Waals surface area contributed by atoms with Crippen molar-refractivity contribution < 1.29 is 4.79 Å². The first-order chi connectivity index (χ1) is 15.2. The predicted octanol–water partition coefficient (Wildman–Crippen LogP) is 4.10. The molecule has 1 aliphatic heterocycles. The lowest BCUT2D eigenvalue weighted by Crippen LogP contribution is -2.48. The highest BCUT2D eigenvalue weighted by Crippen LogP contribution is 2.27. The molecule has 0 unspecified atom stereocenters. The molecule has 1 fully saturated rings. The number of thiophene rings is 1. The molecule has 0 saturated carbocycles. The van der Waals surface area contributed by atoms with Crippen molar-refractivity contribution in [3.05, 3.63) is 71.2 Å². The number of carbonyl (C=O) groups is 1. The molecule has 0 spiro atoms. The summed E-state index contributed by atoms with van der Waals surface area (Å²) < 4.78 is 1.15. The number of carbonyl (C=O) groups excluding carboxylic acids is 1. The van der Waals surface area contributed by atoms with E-state index >= 15 is 0 Å². The predicted molar refractivity (Wildman–Crippen MR) is 124 cm³/mol. The molecule has 1 N–H and O–H groups in total. The number of rotatable bonds is 4. The number of benzene rings is 1. The number of nitrogens with one attached hydrogen (secondary N) is 1. The van der Waals surface area contributed by atoms with E-state index < -0.39 is 0 Å². The van der Waals surface area contributed by atoms with Crippen molar-refractivity contribution in [2.45, 2.75) is 6.92 Å². The minimum absolute atomic E-state index is 0.108. The Morgan fingerprint density at radius 3 is 2.48 bits per heavy atom. The summed E-state index contributed by atoms with van der Waals surface area (Å²) in [7, 11) is 0. The van der Waals surface area contributed by atoms with Crippen molar-refractivity contribution in [1.82, 2.24) is 20.1 Å². The average molecular weight is 431 g/mol. The summed E-state index contributed by atoms with van der Waals surface area (Å²) in [6, 6.07) is 17.9. The molecule has 5 rings (SSSR count). The molecule has 3 aromatic heterocycles. The SMILES string of the molecule is Cc1ccc(Nc2ccc(N3CCN(C(=O)c4cc5ccccc5s4)CC3)nn2)nc1. The number of nitrogens with zero attached hydrogens (tertiary/aromatic N) is 5. The summed E-state index contributed by atoms with van der Waals surface area (Å²) in [6.45, 7) is 4.81. The smallest absolute Gasteiger partial charge is 0.264 e. The molecule has 1 amide bonds. The maximum Gasteiger partial charge on any atom is 0.264 e. The van der Waals surface area contributed by atoms with Gasteiger partial charge in [-0.1, -0.05) is 24.3 Å². The van der Waals surface area contributed by atoms with Gasteiger partial charge in [0, 0.05) is 37.1 Å². The minimum atomic E-state index is 0.108. The Balaban J connectivity index is 1.20. The molecule has 4 heterocycles. The maximum atomic E-state index is 12.9. The van der Waals surface area contributed by atoms with Gasteiger partial charge in [0.25, 0.3) is 5.91 Å². The molecule has 4 aromatic rings. The quantitative estimate of drug-likeness (QED) is 0.525. The van der Waals surface area contributed by atoms with Gasteiger partial charge in [-0.3, -0.25) is 4.79 Å². The van der Waals surface area contributed by atoms with Gasteiger partial charge in [0.1, 0.15) is 5.82 Å². The standard InChI is InChI=1S/C23H22N6OS/c1-16-6-7-20(24-15-16)25-21-8-9-22(27-26-21)28-10-12-29(13-11-28)23(30)19-14-17-4-2-3-5-18(17)31-19/h2-9,14-15H,10-13H2,1H3,(H,24,25,26). The number of piperazine rings is 1. The monoisotopic (exact) mass is 430 g/mol. The summed E-state index contributed by atoms with van der Waals surface area (Å²) in [6.07, 6.45) is 1.81. The summed E-state index contributed by atoms with van der Waals surface area (Å²) >= 11 is 1.56. The number of fused-ring (bicyclic) bond motifs is 1. The molecule has 7 nitrogen and oxygen atoms in total. The molecule has 0 aliphatic carbocycles. The molecular weight excluding hydrogens is 408 g/mol. The van der Waals surface area contributed by atoms with Crippen LogP contribution in [0.25, 0.3) is 10.1 Å². The normalized spacial score (nSPS) is 14.1. The van der Waals surface area contributed by atoms with Crippen LogP contribution in [0.15, 0.2) is 60.8 Å². The van der Waals surface area contributed by atoms with Gasteiger partial charge in [-0.05, 0) is 48.2 Å². The first-order valence-electron chi connectivity index (χ1n) is 10.2. The van der Waals surface area contributed by atoms with Crippen LogP contribution in [0, 0.1) is 6.92 Å². The summed E-state index contributed by atoms with van der Waals surface area (Å²) in [5.41, 5.74) is 1.11. The van der Waals surface area contributed by atoms with Gasteiger partial charge in [-0.25, -0.2) is 4.98 Å². The Hall–Kier alpha value is -3.52. The fourth-order valence-corrected chi connectivity index (χ4v) is 4.65. The Labute approximate surface area is 184 Å². The third-order valence-electron chi connectivity index (χ3n) is 5.35. The highest BCUT2D eigenvalue weighted by molar-refractivity contribution is 7.20. The van der Waals surface area contributed by atoms with E-state index in [1.54, 1.807) is 11.3 Å². The number of hydrogen-bond donors (Lipinski definition) is 1. The minimum Gasteiger partial charge on any atom is -0.352 e. The van der Waals surface area contributed by atoms with Gasteiger partial charge in [0.05, 0.1) is 4.88 Å². The molecular formula is C23H22N6OS. The van der Waals surface area contributed by atoms with Crippen molar-refractivity contribution in [2.75, 3.05) is 36.4 Å². The molecule has 1 saturated heterocycles. The number of pyridine rings is 1. The van der Waals surface area contributed by atoms with Gasteiger partial charge < -0.3 is 15.1 Å². The Kier molecular flexibility index (Phi) is 5.21. The van der Waals surface area contributed by atoms with E-state index in [0.29, 0.717) is 18.9 Å². The number of hydrogen-bond acceptors (Lipinski definition) is 7. The Morgan fingerprint density at radius 2 is 1.77 bits per heavy atom. The van der Waals surface area contributed by atoms with Crippen LogP contribution < -0.4 is 10.2 Å². The molecule has 1 aromatic carbocycles. The van der Waals surface area contributed by atoms with Crippen molar-refractivity contribution >= 4 is 44.8 Å². The van der Waals surface area contributed by atoms with E-state index in [0.717, 1.165) is 45.3 Å². The van der Waals surface area contributed by atoms with Crippen LogP contribution >= 0.6 is 11.3 Å². The van der Waals surface area contributed by atoms with Gasteiger partial charge in [-0.2, -0.15) is 0 Å². The van der Waals surface area contributed by atoms with Crippen LogP contribution in [0.1, 0.15) is 15.2 Å². The number of anilines is 3. The molecule has 8 heteroatoms. The van der Waals surface area contributed by atoms with Crippen LogP contribution in [0.2, 0.25) is 0 Å². The maximum absolute atomic E-state index is 12.9. The molecule has 1 aliphatic rings. The molecule has 156 valence electrons. The van der Waals surface area contributed by atoms with Crippen LogP contribution in [0.4, 0.5) is 17.5 Å². The second kappa shape index (κ2) is 8.31. The van der Waals surface area contributed by atoms with Crippen molar-refractivity contribution in [1.29, 1.82) is 0 Å². The fourth-order valence-electron chi connectivity index (χ4n) is 3.62. The van der Waals surface area contributed by atoms with Crippen LogP contribution in [-0.2, 0) is 0 Å². The Bertz CT molecular complexity index is 1160. The highest BCUT2D eigenvalue weighted by Gasteiger charge is 2.24. The van der Waals surface area contributed by atoms with Gasteiger partial charge in [0.2, 0.25) is 0 Å². The topological polar surface area (TPSA) is 74.2 Å². The van der Waals surface area contributed by atoms with Crippen LogP contribution in [0.5, 0.6) is 0 Å². The van der Waals surface area contributed by atoms with Crippen LogP contribution in [-0.4, -0.2) is 52.2 Å². The summed E-state index contributed by atoms with van der Waals surface area (Å²) in [5.74, 6) is 2.31. The Morgan fingerprint density at radius 1 is 0.968 bits per heavy atom. The van der Waals surface area contributed by atoms with E-state index in [4.69, 9.17) is 0 Å². The lowest BCUT2D eigenvalue weighted by Gasteiger charge is -2.35. The first-order valence-corrected chi connectivity index (χ1v) is 11.0. The average Bonchev–Trinajstić information content (AvgIpc) is 3.25. The van der Waals surface area contributed by atoms with E-state index in [-0.39, 0.29) is 5.91 Å². The van der Waals surface area contributed by atoms with Gasteiger partial charge >= 0.3 is 0 Å². The zero-order chi connectivity index (χ0) is 21.2. The summed E-state index contributed by atoms with van der Waals surface area (Å²) in [4.78, 5) is 22.1. The number of aryl methyl sites for hydroxylation is 1. The third-order valence-corrected chi connectivity index (χ3v) is 6.45. The zero-order valence-corrected chi connectivity index (χ0v) is 18.0. The van der Waals surface area contributed by atoms with Crippen molar-refractivity contribution in [2.24, 2.45) is 0 Å². The lowest BCUT2D eigenvalue weighted by molar-refractivity contribution is 0.0751. The van der Waals surface area contributed by atoms with E-state index in [9.17, 15) is 4.79 Å². The van der Waals surface area contributed by atoms with Gasteiger partial charge in [0.15, 0.2) is 11.6 Å². The first kappa shape index (κ1) is 19.4. The van der Waals surface area contributed by atoms with Crippen LogP contribution in [0.3, 0.4) is 0 Å².